The molecule has 0 bridgehead atoms. The smallest absolute Gasteiger partial charge is 0.255 e. The Labute approximate surface area is 116 Å². The minimum absolute atomic E-state index is 0.291. The lowest BCUT2D eigenvalue weighted by Crippen LogP contribution is -2.16. The fraction of sp³-hybridized carbons (Fsp3) is 0.267. The van der Waals surface area contributed by atoms with Crippen molar-refractivity contribution in [2.75, 3.05) is 5.32 Å². The molecule has 102 valence electrons. The Hall–Kier alpha value is -2.43. The summed E-state index contributed by atoms with van der Waals surface area (Å²) in [6.45, 7) is 0. The number of H-pyrrole nitrogens is 1. The number of pyridine rings is 2. The van der Waals surface area contributed by atoms with E-state index >= 15 is 0 Å². The van der Waals surface area contributed by atoms with E-state index in [-0.39, 0.29) is 11.5 Å². The third kappa shape index (κ3) is 2.61. The van der Waals surface area contributed by atoms with Crippen LogP contribution in [0.2, 0.25) is 0 Å². The van der Waals surface area contributed by atoms with Crippen LogP contribution in [0.15, 0.2) is 35.4 Å². The van der Waals surface area contributed by atoms with Gasteiger partial charge in [0.1, 0.15) is 0 Å². The average molecular weight is 269 g/mol. The zero-order valence-corrected chi connectivity index (χ0v) is 11.0. The van der Waals surface area contributed by atoms with Crippen LogP contribution in [-0.4, -0.2) is 15.9 Å². The van der Waals surface area contributed by atoms with Crippen molar-refractivity contribution >= 4 is 11.6 Å². The van der Waals surface area contributed by atoms with Crippen LogP contribution in [-0.2, 0) is 12.8 Å². The topological polar surface area (TPSA) is 74.8 Å². The van der Waals surface area contributed by atoms with Gasteiger partial charge in [-0.05, 0) is 43.4 Å². The number of nitrogens with zero attached hydrogens (tertiary/aromatic N) is 1. The number of carbonyl (C=O) groups excluding carboxylic acids is 1. The number of aromatic amines is 1. The third-order valence-electron chi connectivity index (χ3n) is 3.46. The molecule has 20 heavy (non-hydrogen) atoms. The van der Waals surface area contributed by atoms with E-state index in [4.69, 9.17) is 0 Å². The monoisotopic (exact) mass is 269 g/mol. The first-order valence-corrected chi connectivity index (χ1v) is 6.70. The molecule has 3 rings (SSSR count). The normalized spacial score (nSPS) is 13.6. The Kier molecular flexibility index (Phi) is 3.33. The molecule has 0 radical (unpaired) electrons. The second-order valence-corrected chi connectivity index (χ2v) is 4.93. The van der Waals surface area contributed by atoms with Gasteiger partial charge >= 0.3 is 0 Å². The molecule has 2 aromatic heterocycles. The molecule has 1 amide bonds. The second kappa shape index (κ2) is 5.28. The molecule has 5 heteroatoms. The Balaban J connectivity index is 1.81. The Morgan fingerprint density at radius 1 is 1.25 bits per heavy atom. The maximum absolute atomic E-state index is 12.0. The van der Waals surface area contributed by atoms with Crippen molar-refractivity contribution < 1.29 is 4.79 Å². The minimum atomic E-state index is -0.298. The van der Waals surface area contributed by atoms with Gasteiger partial charge in [-0.25, -0.2) is 0 Å². The zero-order valence-electron chi connectivity index (χ0n) is 11.0. The van der Waals surface area contributed by atoms with E-state index < -0.39 is 0 Å². The van der Waals surface area contributed by atoms with E-state index in [1.165, 1.54) is 30.7 Å². The molecule has 0 fully saturated rings. The van der Waals surface area contributed by atoms with Crippen molar-refractivity contribution in [1.82, 2.24) is 9.97 Å². The summed E-state index contributed by atoms with van der Waals surface area (Å²) in [5, 5.41) is 2.78. The number of carbonyl (C=O) groups is 1. The first kappa shape index (κ1) is 12.6. The first-order valence-electron chi connectivity index (χ1n) is 6.70. The Morgan fingerprint density at radius 3 is 2.95 bits per heavy atom. The van der Waals surface area contributed by atoms with Crippen LogP contribution in [0.5, 0.6) is 0 Å². The summed E-state index contributed by atoms with van der Waals surface area (Å²) in [5.41, 5.74) is 3.06. The van der Waals surface area contributed by atoms with Crippen LogP contribution in [0.1, 0.15) is 34.5 Å². The van der Waals surface area contributed by atoms with Gasteiger partial charge < -0.3 is 10.3 Å². The number of nitrogens with one attached hydrogen (secondary N) is 2. The van der Waals surface area contributed by atoms with Crippen LogP contribution in [0, 0.1) is 0 Å². The molecule has 0 unspecified atom stereocenters. The molecule has 2 heterocycles. The van der Waals surface area contributed by atoms with Crippen molar-refractivity contribution in [3.05, 3.63) is 57.8 Å². The molecule has 0 atom stereocenters. The second-order valence-electron chi connectivity index (χ2n) is 4.93. The molecule has 5 nitrogen and oxygen atoms in total. The fourth-order valence-electron chi connectivity index (χ4n) is 2.45. The Bertz CT molecular complexity index is 706. The molecule has 1 aliphatic rings. The number of hydrogen-bond donors (Lipinski definition) is 2. The molecular weight excluding hydrogens is 254 g/mol. The van der Waals surface area contributed by atoms with Crippen LogP contribution in [0.4, 0.5) is 5.69 Å². The third-order valence-corrected chi connectivity index (χ3v) is 3.46. The van der Waals surface area contributed by atoms with Crippen LogP contribution >= 0.6 is 0 Å². The summed E-state index contributed by atoms with van der Waals surface area (Å²) in [5.74, 6) is -0.298. The number of aryl methyl sites for hydroxylation is 2. The predicted octanol–water partition coefficient (Wildman–Crippen LogP) is 1.90. The molecule has 0 aromatic carbocycles. The van der Waals surface area contributed by atoms with E-state index in [0.29, 0.717) is 11.3 Å². The number of fused-ring (bicyclic) bond motifs is 1. The van der Waals surface area contributed by atoms with Crippen LogP contribution in [0.25, 0.3) is 0 Å². The van der Waals surface area contributed by atoms with Crippen molar-refractivity contribution in [2.24, 2.45) is 0 Å². The SMILES string of the molecule is O=C(Nc1cnc2c(c1)CCCC2)c1cc[nH]c(=O)c1. The molecule has 0 aliphatic heterocycles. The summed E-state index contributed by atoms with van der Waals surface area (Å²) in [7, 11) is 0. The lowest BCUT2D eigenvalue weighted by Gasteiger charge is -2.15. The van der Waals surface area contributed by atoms with Gasteiger partial charge in [0, 0.05) is 23.5 Å². The van der Waals surface area contributed by atoms with Crippen molar-refractivity contribution in [3.8, 4) is 0 Å². The Morgan fingerprint density at radius 2 is 2.10 bits per heavy atom. The van der Waals surface area contributed by atoms with Gasteiger partial charge in [-0.15, -0.1) is 0 Å². The summed E-state index contributed by atoms with van der Waals surface area (Å²) >= 11 is 0. The first-order chi connectivity index (χ1) is 9.72. The van der Waals surface area contributed by atoms with Crippen molar-refractivity contribution in [3.63, 3.8) is 0 Å². The number of anilines is 1. The van der Waals surface area contributed by atoms with Gasteiger partial charge in [-0.1, -0.05) is 0 Å². The number of aromatic nitrogens is 2. The number of rotatable bonds is 2. The molecule has 1 aliphatic carbocycles. The maximum atomic E-state index is 12.0. The van der Waals surface area contributed by atoms with Gasteiger partial charge in [-0.2, -0.15) is 0 Å². The van der Waals surface area contributed by atoms with Gasteiger partial charge in [0.05, 0.1) is 11.9 Å². The van der Waals surface area contributed by atoms with Gasteiger partial charge in [0.15, 0.2) is 0 Å². The predicted molar refractivity (Wildman–Crippen MR) is 75.9 cm³/mol. The number of amides is 1. The maximum Gasteiger partial charge on any atom is 0.255 e. The summed E-state index contributed by atoms with van der Waals surface area (Å²) < 4.78 is 0. The highest BCUT2D eigenvalue weighted by molar-refractivity contribution is 6.04. The highest BCUT2D eigenvalue weighted by atomic mass is 16.2. The van der Waals surface area contributed by atoms with E-state index in [0.717, 1.165) is 18.5 Å². The zero-order chi connectivity index (χ0) is 13.9. The van der Waals surface area contributed by atoms with Gasteiger partial charge in [0.25, 0.3) is 5.91 Å². The van der Waals surface area contributed by atoms with E-state index in [1.54, 1.807) is 12.3 Å². The quantitative estimate of drug-likeness (QED) is 0.874. The summed E-state index contributed by atoms with van der Waals surface area (Å²) in [4.78, 5) is 30.1. The summed E-state index contributed by atoms with van der Waals surface area (Å²) in [6, 6.07) is 4.83. The van der Waals surface area contributed by atoms with Crippen LogP contribution in [0.3, 0.4) is 0 Å². The molecule has 0 saturated heterocycles. The van der Waals surface area contributed by atoms with E-state index in [9.17, 15) is 9.59 Å². The standard InChI is InChI=1S/C15H15N3O2/c19-14-8-11(5-6-16-14)15(20)18-12-7-10-3-1-2-4-13(10)17-9-12/h5-9H,1-4H2,(H,16,19)(H,18,20). The molecule has 0 saturated carbocycles. The van der Waals surface area contributed by atoms with E-state index in [2.05, 4.69) is 15.3 Å². The van der Waals surface area contributed by atoms with E-state index in [1.807, 2.05) is 6.07 Å². The van der Waals surface area contributed by atoms with Gasteiger partial charge in [-0.3, -0.25) is 14.6 Å². The molecule has 2 N–H and O–H groups in total. The molecule has 2 aromatic rings. The fourth-order valence-corrected chi connectivity index (χ4v) is 2.45. The highest BCUT2D eigenvalue weighted by Crippen LogP contribution is 2.22. The lowest BCUT2D eigenvalue weighted by atomic mass is 9.96. The lowest BCUT2D eigenvalue weighted by molar-refractivity contribution is 0.102. The van der Waals surface area contributed by atoms with Crippen molar-refractivity contribution in [2.45, 2.75) is 25.7 Å². The van der Waals surface area contributed by atoms with Crippen molar-refractivity contribution in [1.29, 1.82) is 0 Å². The minimum Gasteiger partial charge on any atom is -0.329 e. The van der Waals surface area contributed by atoms with Crippen LogP contribution < -0.4 is 10.9 Å². The molecule has 0 spiro atoms. The highest BCUT2D eigenvalue weighted by Gasteiger charge is 2.12. The number of hydrogen-bond acceptors (Lipinski definition) is 3. The average Bonchev–Trinajstić information content (AvgIpc) is 2.47. The van der Waals surface area contributed by atoms with Gasteiger partial charge in [0.2, 0.25) is 5.56 Å². The molecular formula is C15H15N3O2. The summed E-state index contributed by atoms with van der Waals surface area (Å²) in [6.07, 6.45) is 7.50. The largest absolute Gasteiger partial charge is 0.329 e.